The molecule has 0 bridgehead atoms. The minimum atomic E-state index is 0.399. The summed E-state index contributed by atoms with van der Waals surface area (Å²) in [5, 5.41) is 3.62. The molecule has 21 heavy (non-hydrogen) atoms. The van der Waals surface area contributed by atoms with Crippen LogP contribution in [-0.2, 0) is 0 Å². The van der Waals surface area contributed by atoms with Crippen LogP contribution in [0.2, 0.25) is 0 Å². The Labute approximate surface area is 130 Å². The summed E-state index contributed by atoms with van der Waals surface area (Å²) in [7, 11) is 0. The van der Waals surface area contributed by atoms with Crippen molar-refractivity contribution in [3.8, 4) is 0 Å². The number of hydrogen-bond donors (Lipinski definition) is 1. The summed E-state index contributed by atoms with van der Waals surface area (Å²) >= 11 is 0. The number of aromatic nitrogens is 2. The van der Waals surface area contributed by atoms with Crippen LogP contribution in [0.4, 0.5) is 0 Å². The Hall–Kier alpha value is -0.960. The monoisotopic (exact) mass is 289 g/mol. The van der Waals surface area contributed by atoms with Crippen molar-refractivity contribution in [3.05, 3.63) is 24.3 Å². The third kappa shape index (κ3) is 4.50. The summed E-state index contributed by atoms with van der Waals surface area (Å²) in [4.78, 5) is 8.49. The predicted molar refractivity (Wildman–Crippen MR) is 88.2 cm³/mol. The van der Waals surface area contributed by atoms with Gasteiger partial charge in [-0.05, 0) is 67.5 Å². The summed E-state index contributed by atoms with van der Waals surface area (Å²) in [6, 6.07) is 0. The molecule has 0 radical (unpaired) electrons. The minimum absolute atomic E-state index is 0.399. The Morgan fingerprint density at radius 2 is 1.90 bits per heavy atom. The second kappa shape index (κ2) is 7.35. The number of hydrogen-bond acceptors (Lipinski definition) is 3. The van der Waals surface area contributed by atoms with Crippen molar-refractivity contribution in [2.75, 3.05) is 13.1 Å². The van der Waals surface area contributed by atoms with Crippen LogP contribution < -0.4 is 5.32 Å². The molecule has 1 aromatic heterocycles. The van der Waals surface area contributed by atoms with Crippen molar-refractivity contribution in [3.63, 3.8) is 0 Å². The zero-order valence-corrected chi connectivity index (χ0v) is 14.1. The largest absolute Gasteiger partial charge is 0.316 e. The lowest BCUT2D eigenvalue weighted by Gasteiger charge is -2.42. The Morgan fingerprint density at radius 3 is 2.52 bits per heavy atom. The second-order valence-electron chi connectivity index (χ2n) is 7.62. The van der Waals surface area contributed by atoms with Gasteiger partial charge in [0, 0.05) is 12.4 Å². The van der Waals surface area contributed by atoms with E-state index in [4.69, 9.17) is 0 Å². The molecule has 1 aromatic rings. The topological polar surface area (TPSA) is 37.8 Å². The zero-order valence-electron chi connectivity index (χ0n) is 14.1. The number of rotatable bonds is 5. The maximum absolute atomic E-state index is 4.25. The fourth-order valence-corrected chi connectivity index (χ4v) is 3.64. The molecule has 1 saturated carbocycles. The average molecular weight is 289 g/mol. The van der Waals surface area contributed by atoms with Crippen molar-refractivity contribution in [1.29, 1.82) is 0 Å². The van der Waals surface area contributed by atoms with Gasteiger partial charge in [-0.15, -0.1) is 0 Å². The van der Waals surface area contributed by atoms with Crippen molar-refractivity contribution in [1.82, 2.24) is 15.3 Å². The summed E-state index contributed by atoms with van der Waals surface area (Å²) in [5.41, 5.74) is 1.73. The van der Waals surface area contributed by atoms with Crippen LogP contribution in [0.1, 0.15) is 64.9 Å². The Balaban J connectivity index is 2.10. The first-order valence-corrected chi connectivity index (χ1v) is 8.48. The van der Waals surface area contributed by atoms with Gasteiger partial charge >= 0.3 is 0 Å². The van der Waals surface area contributed by atoms with Gasteiger partial charge in [-0.25, -0.2) is 9.97 Å². The normalized spacial score (nSPS) is 26.8. The highest BCUT2D eigenvalue weighted by atomic mass is 14.9. The van der Waals surface area contributed by atoms with Gasteiger partial charge in [-0.3, -0.25) is 0 Å². The average Bonchev–Trinajstić information content (AvgIpc) is 2.47. The molecule has 0 aromatic carbocycles. The molecule has 0 saturated heterocycles. The van der Waals surface area contributed by atoms with Crippen LogP contribution in [-0.4, -0.2) is 23.1 Å². The fraction of sp³-hybridized carbons (Fsp3) is 0.778. The standard InChI is InChI=1S/C18H31N3/c1-5-8-19-10-14-6-7-16(18(2,3)4)9-17(14)15-11-20-13-21-12-15/h11-14,16-17,19H,5-10H2,1-4H3. The third-order valence-electron chi connectivity index (χ3n) is 5.06. The summed E-state index contributed by atoms with van der Waals surface area (Å²) in [6.07, 6.45) is 10.8. The molecule has 3 unspecified atom stereocenters. The second-order valence-corrected chi connectivity index (χ2v) is 7.62. The van der Waals surface area contributed by atoms with Gasteiger partial charge in [0.1, 0.15) is 6.33 Å². The van der Waals surface area contributed by atoms with E-state index in [9.17, 15) is 0 Å². The maximum Gasteiger partial charge on any atom is 0.115 e. The third-order valence-corrected chi connectivity index (χ3v) is 5.06. The molecule has 3 atom stereocenters. The first-order valence-electron chi connectivity index (χ1n) is 8.48. The lowest BCUT2D eigenvalue weighted by Crippen LogP contribution is -2.36. The highest BCUT2D eigenvalue weighted by Gasteiger charge is 2.36. The van der Waals surface area contributed by atoms with E-state index in [1.165, 1.54) is 31.2 Å². The smallest absolute Gasteiger partial charge is 0.115 e. The van der Waals surface area contributed by atoms with Gasteiger partial charge < -0.3 is 5.32 Å². The molecule has 1 N–H and O–H groups in total. The van der Waals surface area contributed by atoms with Crippen molar-refractivity contribution in [2.45, 2.75) is 59.3 Å². The van der Waals surface area contributed by atoms with E-state index in [1.54, 1.807) is 6.33 Å². The molecule has 1 heterocycles. The van der Waals surface area contributed by atoms with Crippen LogP contribution in [0.15, 0.2) is 18.7 Å². The molecule has 1 aliphatic rings. The fourth-order valence-electron chi connectivity index (χ4n) is 3.64. The molecule has 0 aliphatic heterocycles. The molecular formula is C18H31N3. The highest BCUT2D eigenvalue weighted by molar-refractivity contribution is 5.14. The molecule has 1 fully saturated rings. The van der Waals surface area contributed by atoms with Gasteiger partial charge in [0.2, 0.25) is 0 Å². The molecule has 0 spiro atoms. The van der Waals surface area contributed by atoms with Gasteiger partial charge in [0.15, 0.2) is 0 Å². The first kappa shape index (κ1) is 16.4. The van der Waals surface area contributed by atoms with E-state index in [1.807, 2.05) is 12.4 Å². The van der Waals surface area contributed by atoms with Crippen LogP contribution >= 0.6 is 0 Å². The van der Waals surface area contributed by atoms with Crippen LogP contribution in [0.3, 0.4) is 0 Å². The Kier molecular flexibility index (Phi) is 5.74. The maximum atomic E-state index is 4.25. The quantitative estimate of drug-likeness (QED) is 0.832. The first-order chi connectivity index (χ1) is 10.0. The molecule has 3 heteroatoms. The Morgan fingerprint density at radius 1 is 1.19 bits per heavy atom. The van der Waals surface area contributed by atoms with Crippen LogP contribution in [0, 0.1) is 17.3 Å². The lowest BCUT2D eigenvalue weighted by atomic mass is 9.64. The predicted octanol–water partition coefficient (Wildman–Crippen LogP) is 4.02. The summed E-state index contributed by atoms with van der Waals surface area (Å²) < 4.78 is 0. The Bertz CT molecular complexity index is 410. The lowest BCUT2D eigenvalue weighted by molar-refractivity contribution is 0.129. The van der Waals surface area contributed by atoms with E-state index in [0.717, 1.165) is 24.9 Å². The van der Waals surface area contributed by atoms with Crippen LogP contribution in [0.5, 0.6) is 0 Å². The van der Waals surface area contributed by atoms with Gasteiger partial charge in [-0.1, -0.05) is 27.7 Å². The van der Waals surface area contributed by atoms with E-state index in [-0.39, 0.29) is 0 Å². The van der Waals surface area contributed by atoms with Gasteiger partial charge in [0.05, 0.1) is 0 Å². The minimum Gasteiger partial charge on any atom is -0.316 e. The van der Waals surface area contributed by atoms with Crippen LogP contribution in [0.25, 0.3) is 0 Å². The van der Waals surface area contributed by atoms with Crippen molar-refractivity contribution in [2.24, 2.45) is 17.3 Å². The molecule has 118 valence electrons. The SMILES string of the molecule is CCCNCC1CCC(C(C)(C)C)CC1c1cncnc1. The van der Waals surface area contributed by atoms with E-state index < -0.39 is 0 Å². The number of nitrogens with zero attached hydrogens (tertiary/aromatic N) is 2. The van der Waals surface area contributed by atoms with E-state index >= 15 is 0 Å². The summed E-state index contributed by atoms with van der Waals surface area (Å²) in [5.74, 6) is 2.12. The summed E-state index contributed by atoms with van der Waals surface area (Å²) in [6.45, 7) is 11.6. The van der Waals surface area contributed by atoms with Gasteiger partial charge in [-0.2, -0.15) is 0 Å². The number of nitrogens with one attached hydrogen (secondary N) is 1. The molecule has 3 nitrogen and oxygen atoms in total. The van der Waals surface area contributed by atoms with Gasteiger partial charge in [0.25, 0.3) is 0 Å². The van der Waals surface area contributed by atoms with Crippen molar-refractivity contribution < 1.29 is 0 Å². The molecule has 1 aliphatic carbocycles. The zero-order chi connectivity index (χ0) is 15.3. The molecule has 0 amide bonds. The highest BCUT2D eigenvalue weighted by Crippen LogP contribution is 2.46. The molecule has 2 rings (SSSR count). The molecular weight excluding hydrogens is 258 g/mol. The van der Waals surface area contributed by atoms with E-state index in [2.05, 4.69) is 43.0 Å². The van der Waals surface area contributed by atoms with E-state index in [0.29, 0.717) is 11.3 Å². The van der Waals surface area contributed by atoms with Crippen molar-refractivity contribution >= 4 is 0 Å².